The highest BCUT2D eigenvalue weighted by atomic mass is 16.5. The molecule has 2 aromatic heterocycles. The van der Waals surface area contributed by atoms with E-state index < -0.39 is 17.3 Å². The van der Waals surface area contributed by atoms with E-state index in [0.717, 1.165) is 12.8 Å². The number of rotatable bonds is 6. The first-order valence-corrected chi connectivity index (χ1v) is 11.0. The van der Waals surface area contributed by atoms with E-state index in [1.807, 2.05) is 13.8 Å². The van der Waals surface area contributed by atoms with Crippen molar-refractivity contribution < 1.29 is 19.4 Å². The van der Waals surface area contributed by atoms with Crippen molar-refractivity contribution in [1.29, 1.82) is 0 Å². The van der Waals surface area contributed by atoms with Crippen LogP contribution < -0.4 is 10.9 Å². The van der Waals surface area contributed by atoms with Gasteiger partial charge in [0.25, 0.3) is 11.5 Å². The third-order valence-corrected chi connectivity index (χ3v) is 5.61. The van der Waals surface area contributed by atoms with Gasteiger partial charge in [0.15, 0.2) is 5.56 Å². The summed E-state index contributed by atoms with van der Waals surface area (Å²) >= 11 is 0. The fourth-order valence-electron chi connectivity index (χ4n) is 3.84. The highest BCUT2D eigenvalue weighted by Crippen LogP contribution is 2.24. The second kappa shape index (κ2) is 8.78. The second-order valence-corrected chi connectivity index (χ2v) is 8.82. The molecule has 2 N–H and O–H groups in total. The van der Waals surface area contributed by atoms with Crippen LogP contribution in [0.25, 0.3) is 11.7 Å². The van der Waals surface area contributed by atoms with Gasteiger partial charge < -0.3 is 20.1 Å². The summed E-state index contributed by atoms with van der Waals surface area (Å²) in [6, 6.07) is 0.0421. The third-order valence-electron chi connectivity index (χ3n) is 5.61. The Kier molecular flexibility index (Phi) is 6.05. The number of carbonyl (C=O) groups is 2. The van der Waals surface area contributed by atoms with Gasteiger partial charge in [-0.2, -0.15) is 9.61 Å². The Labute approximate surface area is 185 Å². The first-order chi connectivity index (χ1) is 15.3. The van der Waals surface area contributed by atoms with Gasteiger partial charge in [-0.05, 0) is 31.8 Å². The number of aromatic hydroxyl groups is 1. The smallest absolute Gasteiger partial charge is 0.270 e. The van der Waals surface area contributed by atoms with Crippen molar-refractivity contribution in [1.82, 2.24) is 24.4 Å². The maximum Gasteiger partial charge on any atom is 0.270 e. The van der Waals surface area contributed by atoms with Crippen molar-refractivity contribution in [2.75, 3.05) is 26.3 Å². The van der Waals surface area contributed by atoms with Gasteiger partial charge in [-0.15, -0.1) is 0 Å². The Bertz CT molecular complexity index is 1140. The number of fused-ring (bicyclic) bond motifs is 1. The number of hydrogen-bond acceptors (Lipinski definition) is 6. The SMILES string of the molecule is CC(=Cc1cnn2c(O)c(C(=O)NC3CC3)c(=O)n(CC(C)C)c12)C(=O)N1CCOCC1. The Morgan fingerprint density at radius 3 is 2.62 bits per heavy atom. The molecule has 0 unspecified atom stereocenters. The Balaban J connectivity index is 1.80. The molecule has 4 rings (SSSR count). The zero-order chi connectivity index (χ0) is 23.0. The minimum Gasteiger partial charge on any atom is -0.492 e. The van der Waals surface area contributed by atoms with Gasteiger partial charge in [-0.3, -0.25) is 19.0 Å². The van der Waals surface area contributed by atoms with Gasteiger partial charge in [-0.1, -0.05) is 13.8 Å². The fourth-order valence-corrected chi connectivity index (χ4v) is 3.84. The number of morpholine rings is 1. The van der Waals surface area contributed by atoms with Crippen LogP contribution in [-0.4, -0.2) is 68.3 Å². The maximum atomic E-state index is 13.3. The van der Waals surface area contributed by atoms with Crippen LogP contribution in [0.4, 0.5) is 0 Å². The van der Waals surface area contributed by atoms with E-state index in [2.05, 4.69) is 10.4 Å². The zero-order valence-electron chi connectivity index (χ0n) is 18.6. The van der Waals surface area contributed by atoms with E-state index in [4.69, 9.17) is 4.74 Å². The van der Waals surface area contributed by atoms with Crippen LogP contribution in [0.1, 0.15) is 49.5 Å². The number of ether oxygens (including phenoxy) is 1. The molecule has 1 aliphatic carbocycles. The Hall–Kier alpha value is -3.14. The number of nitrogens with zero attached hydrogens (tertiary/aromatic N) is 4. The molecule has 0 spiro atoms. The molecule has 172 valence electrons. The number of hydrogen-bond donors (Lipinski definition) is 2. The van der Waals surface area contributed by atoms with Crippen LogP contribution in [0.2, 0.25) is 0 Å². The fraction of sp³-hybridized carbons (Fsp3) is 0.545. The summed E-state index contributed by atoms with van der Waals surface area (Å²) in [7, 11) is 0. The van der Waals surface area contributed by atoms with Crippen LogP contribution in [-0.2, 0) is 16.1 Å². The molecule has 10 heteroatoms. The lowest BCUT2D eigenvalue weighted by molar-refractivity contribution is -0.130. The third kappa shape index (κ3) is 4.27. The molecule has 32 heavy (non-hydrogen) atoms. The predicted octanol–water partition coefficient (Wildman–Crippen LogP) is 1.01. The first-order valence-electron chi connectivity index (χ1n) is 11.0. The van der Waals surface area contributed by atoms with Crippen molar-refractivity contribution in [2.45, 2.75) is 46.2 Å². The zero-order valence-corrected chi connectivity index (χ0v) is 18.6. The molecule has 10 nitrogen and oxygen atoms in total. The summed E-state index contributed by atoms with van der Waals surface area (Å²) in [4.78, 5) is 40.5. The lowest BCUT2D eigenvalue weighted by Gasteiger charge is -2.27. The topological polar surface area (TPSA) is 118 Å². The lowest BCUT2D eigenvalue weighted by Crippen LogP contribution is -2.41. The van der Waals surface area contributed by atoms with E-state index in [1.54, 1.807) is 17.9 Å². The van der Waals surface area contributed by atoms with Crippen molar-refractivity contribution in [3.63, 3.8) is 0 Å². The molecule has 0 bridgehead atoms. The minimum atomic E-state index is -0.597. The van der Waals surface area contributed by atoms with Gasteiger partial charge >= 0.3 is 0 Å². The van der Waals surface area contributed by atoms with Crippen LogP contribution in [0.3, 0.4) is 0 Å². The van der Waals surface area contributed by atoms with Crippen LogP contribution in [0.5, 0.6) is 5.88 Å². The normalized spacial score (nSPS) is 17.2. The van der Waals surface area contributed by atoms with E-state index in [0.29, 0.717) is 49.6 Å². The Morgan fingerprint density at radius 2 is 2.00 bits per heavy atom. The summed E-state index contributed by atoms with van der Waals surface area (Å²) in [5.74, 6) is -1.11. The number of carbonyl (C=O) groups excluding carboxylic acids is 2. The molecular formula is C22H29N5O5. The standard InChI is InChI=1S/C22H29N5O5/c1-13(2)12-26-19-15(10-14(3)20(29)25-6-8-32-9-7-25)11-23-27(19)22(31)17(21(26)30)18(28)24-16-4-5-16/h10-11,13,16,31H,4-9,12H2,1-3H3,(H,24,28). The number of aromatic nitrogens is 3. The molecule has 1 saturated heterocycles. The van der Waals surface area contributed by atoms with E-state index in [-0.39, 0.29) is 23.4 Å². The highest BCUT2D eigenvalue weighted by molar-refractivity contribution is 5.99. The van der Waals surface area contributed by atoms with Crippen LogP contribution in [0, 0.1) is 5.92 Å². The molecule has 2 aromatic rings. The molecule has 2 aliphatic rings. The van der Waals surface area contributed by atoms with Crippen molar-refractivity contribution >= 4 is 23.5 Å². The van der Waals surface area contributed by atoms with E-state index >= 15 is 0 Å². The summed E-state index contributed by atoms with van der Waals surface area (Å²) in [6.45, 7) is 8.01. The Morgan fingerprint density at radius 1 is 1.31 bits per heavy atom. The van der Waals surface area contributed by atoms with E-state index in [9.17, 15) is 19.5 Å². The first kappa shape index (κ1) is 22.1. The average Bonchev–Trinajstić information content (AvgIpc) is 3.48. The van der Waals surface area contributed by atoms with Crippen LogP contribution >= 0.6 is 0 Å². The summed E-state index contributed by atoms with van der Waals surface area (Å²) in [5.41, 5.74) is 0.462. The molecule has 3 heterocycles. The lowest BCUT2D eigenvalue weighted by atomic mass is 10.1. The molecule has 1 saturated carbocycles. The minimum absolute atomic E-state index is 0.0421. The van der Waals surface area contributed by atoms with Gasteiger partial charge in [0.2, 0.25) is 11.8 Å². The summed E-state index contributed by atoms with van der Waals surface area (Å²) in [6.07, 6.45) is 4.88. The maximum absolute atomic E-state index is 13.3. The highest BCUT2D eigenvalue weighted by Gasteiger charge is 2.30. The largest absolute Gasteiger partial charge is 0.492 e. The molecule has 1 aliphatic heterocycles. The van der Waals surface area contributed by atoms with Gasteiger partial charge in [0.1, 0.15) is 5.65 Å². The molecule has 0 radical (unpaired) electrons. The predicted molar refractivity (Wildman–Crippen MR) is 117 cm³/mol. The number of amides is 2. The number of nitrogens with one attached hydrogen (secondary N) is 1. The molecule has 0 atom stereocenters. The van der Waals surface area contributed by atoms with Gasteiger partial charge in [0, 0.05) is 36.8 Å². The van der Waals surface area contributed by atoms with Crippen molar-refractivity contribution in [2.24, 2.45) is 5.92 Å². The molecular weight excluding hydrogens is 414 g/mol. The van der Waals surface area contributed by atoms with Gasteiger partial charge in [0.05, 0.1) is 19.4 Å². The van der Waals surface area contributed by atoms with Crippen molar-refractivity contribution in [3.05, 3.63) is 33.3 Å². The summed E-state index contributed by atoms with van der Waals surface area (Å²) in [5, 5.41) is 17.8. The average molecular weight is 444 g/mol. The van der Waals surface area contributed by atoms with Crippen molar-refractivity contribution in [3.8, 4) is 5.88 Å². The van der Waals surface area contributed by atoms with Crippen LogP contribution in [0.15, 0.2) is 16.6 Å². The molecule has 2 amide bonds. The van der Waals surface area contributed by atoms with Gasteiger partial charge in [-0.25, -0.2) is 0 Å². The van der Waals surface area contributed by atoms with E-state index in [1.165, 1.54) is 15.3 Å². The monoisotopic (exact) mass is 443 g/mol. The second-order valence-electron chi connectivity index (χ2n) is 8.82. The molecule has 2 fully saturated rings. The quantitative estimate of drug-likeness (QED) is 0.644. The molecule has 0 aromatic carbocycles. The summed E-state index contributed by atoms with van der Waals surface area (Å²) < 4.78 is 7.96.